The number of carbonyl (C=O) groups is 1. The molecule has 0 spiro atoms. The minimum Gasteiger partial charge on any atom is -0.431 e. The van der Waals surface area contributed by atoms with Crippen LogP contribution in [0.3, 0.4) is 0 Å². The van der Waals surface area contributed by atoms with Crippen molar-refractivity contribution in [2.24, 2.45) is 5.73 Å². The van der Waals surface area contributed by atoms with E-state index in [4.69, 9.17) is 10.2 Å². The number of amides is 1. The fraction of sp³-hybridized carbons (Fsp3) is 0.333. The van der Waals surface area contributed by atoms with Gasteiger partial charge in [-0.3, -0.25) is 4.79 Å². The molecule has 1 heterocycles. The van der Waals surface area contributed by atoms with Crippen LogP contribution in [0.5, 0.6) is 0 Å². The highest BCUT2D eigenvalue weighted by Crippen LogP contribution is 2.23. The number of primary amides is 1. The molecule has 0 bridgehead atoms. The largest absolute Gasteiger partial charge is 0.431 e. The first-order valence-electron chi connectivity index (χ1n) is 5.65. The molecular formula is C12H15N3O2S. The summed E-state index contributed by atoms with van der Waals surface area (Å²) in [5.41, 5.74) is 6.86. The standard InChI is InChI=1S/C12H15N3O2S/c1-14-9(11(13)16)6-7-18-12-15-8-4-2-3-5-10(8)17-12/h2-5,9,14H,6-7H2,1H3,(H2,13,16). The van der Waals surface area contributed by atoms with Crippen molar-refractivity contribution in [3.63, 3.8) is 0 Å². The number of para-hydroxylation sites is 2. The lowest BCUT2D eigenvalue weighted by molar-refractivity contribution is -0.119. The smallest absolute Gasteiger partial charge is 0.256 e. The molecule has 3 N–H and O–H groups in total. The summed E-state index contributed by atoms with van der Waals surface area (Å²) in [6, 6.07) is 7.31. The van der Waals surface area contributed by atoms with Crippen LogP contribution in [0.1, 0.15) is 6.42 Å². The number of benzene rings is 1. The Bertz CT molecular complexity index is 508. The summed E-state index contributed by atoms with van der Waals surface area (Å²) in [6.07, 6.45) is 0.648. The Labute approximate surface area is 109 Å². The summed E-state index contributed by atoms with van der Waals surface area (Å²) in [4.78, 5) is 15.4. The quantitative estimate of drug-likeness (QED) is 0.771. The molecule has 0 saturated carbocycles. The molecule has 2 rings (SSSR count). The van der Waals surface area contributed by atoms with E-state index in [1.54, 1.807) is 7.05 Å². The lowest BCUT2D eigenvalue weighted by Crippen LogP contribution is -2.39. The normalized spacial score (nSPS) is 12.7. The number of thioether (sulfide) groups is 1. The molecule has 96 valence electrons. The highest BCUT2D eigenvalue weighted by molar-refractivity contribution is 7.99. The van der Waals surface area contributed by atoms with Crippen molar-refractivity contribution >= 4 is 28.8 Å². The minimum atomic E-state index is -0.337. The summed E-state index contributed by atoms with van der Waals surface area (Å²) >= 11 is 1.48. The van der Waals surface area contributed by atoms with Crippen molar-refractivity contribution in [3.8, 4) is 0 Å². The van der Waals surface area contributed by atoms with E-state index >= 15 is 0 Å². The van der Waals surface area contributed by atoms with E-state index in [0.29, 0.717) is 11.6 Å². The second-order valence-electron chi connectivity index (χ2n) is 3.83. The van der Waals surface area contributed by atoms with Gasteiger partial charge < -0.3 is 15.5 Å². The number of oxazole rings is 1. The van der Waals surface area contributed by atoms with Crippen LogP contribution in [0.2, 0.25) is 0 Å². The number of fused-ring (bicyclic) bond motifs is 1. The monoisotopic (exact) mass is 265 g/mol. The van der Waals surface area contributed by atoms with Gasteiger partial charge in [0, 0.05) is 5.75 Å². The molecule has 18 heavy (non-hydrogen) atoms. The number of hydrogen-bond donors (Lipinski definition) is 2. The van der Waals surface area contributed by atoms with Gasteiger partial charge in [0.2, 0.25) is 5.91 Å². The summed E-state index contributed by atoms with van der Waals surface area (Å²) in [5, 5.41) is 3.50. The second-order valence-corrected chi connectivity index (χ2v) is 4.87. The number of aromatic nitrogens is 1. The molecule has 1 atom stereocenters. The zero-order valence-electron chi connectivity index (χ0n) is 10.1. The van der Waals surface area contributed by atoms with E-state index < -0.39 is 0 Å². The molecule has 0 radical (unpaired) electrons. The van der Waals surface area contributed by atoms with Gasteiger partial charge in [0.15, 0.2) is 5.58 Å². The topological polar surface area (TPSA) is 81.2 Å². The van der Waals surface area contributed by atoms with Crippen molar-refractivity contribution < 1.29 is 9.21 Å². The number of carbonyl (C=O) groups excluding carboxylic acids is 1. The van der Waals surface area contributed by atoms with Crippen LogP contribution < -0.4 is 11.1 Å². The van der Waals surface area contributed by atoms with Crippen LogP contribution in [0.4, 0.5) is 0 Å². The third-order valence-electron chi connectivity index (χ3n) is 2.60. The van der Waals surface area contributed by atoms with Crippen molar-refractivity contribution in [1.29, 1.82) is 0 Å². The maximum atomic E-state index is 11.0. The highest BCUT2D eigenvalue weighted by Gasteiger charge is 2.13. The van der Waals surface area contributed by atoms with Crippen LogP contribution >= 0.6 is 11.8 Å². The first-order valence-corrected chi connectivity index (χ1v) is 6.64. The van der Waals surface area contributed by atoms with Crippen molar-refractivity contribution in [2.75, 3.05) is 12.8 Å². The van der Waals surface area contributed by atoms with Gasteiger partial charge in [0.1, 0.15) is 5.52 Å². The maximum Gasteiger partial charge on any atom is 0.256 e. The van der Waals surface area contributed by atoms with E-state index in [0.717, 1.165) is 16.9 Å². The Balaban J connectivity index is 1.92. The van der Waals surface area contributed by atoms with Crippen molar-refractivity contribution in [3.05, 3.63) is 24.3 Å². The van der Waals surface area contributed by atoms with Crippen molar-refractivity contribution in [2.45, 2.75) is 17.7 Å². The summed E-state index contributed by atoms with van der Waals surface area (Å²) in [7, 11) is 1.72. The first kappa shape index (κ1) is 12.9. The predicted molar refractivity (Wildman–Crippen MR) is 71.4 cm³/mol. The molecule has 0 saturated heterocycles. The van der Waals surface area contributed by atoms with Gasteiger partial charge in [-0.05, 0) is 25.6 Å². The van der Waals surface area contributed by atoms with E-state index in [9.17, 15) is 4.79 Å². The third kappa shape index (κ3) is 3.02. The van der Waals surface area contributed by atoms with Gasteiger partial charge in [-0.1, -0.05) is 23.9 Å². The zero-order chi connectivity index (χ0) is 13.0. The van der Waals surface area contributed by atoms with Crippen LogP contribution in [0.25, 0.3) is 11.1 Å². The lowest BCUT2D eigenvalue weighted by Gasteiger charge is -2.10. The Morgan fingerprint density at radius 1 is 1.56 bits per heavy atom. The number of likely N-dealkylation sites (N-methyl/N-ethyl adjacent to an activating group) is 1. The maximum absolute atomic E-state index is 11.0. The molecule has 0 fully saturated rings. The van der Waals surface area contributed by atoms with Gasteiger partial charge in [0.25, 0.3) is 5.22 Å². The number of nitrogens with zero attached hydrogens (tertiary/aromatic N) is 1. The van der Waals surface area contributed by atoms with Gasteiger partial charge in [0.05, 0.1) is 6.04 Å². The van der Waals surface area contributed by atoms with Crippen molar-refractivity contribution in [1.82, 2.24) is 10.3 Å². The molecule has 1 unspecified atom stereocenters. The van der Waals surface area contributed by atoms with Gasteiger partial charge in [-0.2, -0.15) is 0 Å². The van der Waals surface area contributed by atoms with Crippen LogP contribution in [0, 0.1) is 0 Å². The molecule has 2 aromatic rings. The molecule has 1 aromatic heterocycles. The Morgan fingerprint density at radius 2 is 2.33 bits per heavy atom. The average Bonchev–Trinajstić information content (AvgIpc) is 2.76. The number of nitrogens with two attached hydrogens (primary N) is 1. The minimum absolute atomic E-state index is 0.304. The summed E-state index contributed by atoms with van der Waals surface area (Å²) in [6.45, 7) is 0. The fourth-order valence-corrected chi connectivity index (χ4v) is 2.45. The van der Waals surface area contributed by atoms with Gasteiger partial charge in [-0.25, -0.2) is 4.98 Å². The third-order valence-corrected chi connectivity index (χ3v) is 3.46. The highest BCUT2D eigenvalue weighted by atomic mass is 32.2. The van der Waals surface area contributed by atoms with E-state index in [2.05, 4.69) is 10.3 Å². The SMILES string of the molecule is CNC(CCSc1nc2ccccc2o1)C(N)=O. The Morgan fingerprint density at radius 3 is 3.00 bits per heavy atom. The number of nitrogens with one attached hydrogen (secondary N) is 1. The van der Waals surface area contributed by atoms with E-state index in [1.165, 1.54) is 11.8 Å². The molecule has 1 amide bonds. The van der Waals surface area contributed by atoms with E-state index in [1.807, 2.05) is 24.3 Å². The average molecular weight is 265 g/mol. The molecule has 0 aliphatic carbocycles. The molecule has 0 aliphatic rings. The van der Waals surface area contributed by atoms with Crippen LogP contribution in [-0.4, -0.2) is 29.7 Å². The zero-order valence-corrected chi connectivity index (χ0v) is 10.9. The number of rotatable bonds is 6. The predicted octanol–water partition coefficient (Wildman–Crippen LogP) is 1.38. The Kier molecular flexibility index (Phi) is 4.22. The second kappa shape index (κ2) is 5.88. The van der Waals surface area contributed by atoms with Gasteiger partial charge >= 0.3 is 0 Å². The molecule has 6 heteroatoms. The molecule has 1 aromatic carbocycles. The molecule has 0 aliphatic heterocycles. The molecular weight excluding hydrogens is 250 g/mol. The van der Waals surface area contributed by atoms with Crippen LogP contribution in [0.15, 0.2) is 33.9 Å². The Hall–Kier alpha value is -1.53. The molecule has 5 nitrogen and oxygen atoms in total. The first-order chi connectivity index (χ1) is 8.70. The van der Waals surface area contributed by atoms with Gasteiger partial charge in [-0.15, -0.1) is 0 Å². The number of hydrogen-bond acceptors (Lipinski definition) is 5. The lowest BCUT2D eigenvalue weighted by atomic mass is 10.2. The summed E-state index contributed by atoms with van der Waals surface area (Å²) in [5.74, 6) is 0.386. The van der Waals surface area contributed by atoms with E-state index in [-0.39, 0.29) is 11.9 Å². The summed E-state index contributed by atoms with van der Waals surface area (Å²) < 4.78 is 5.56. The van der Waals surface area contributed by atoms with Crippen LogP contribution in [-0.2, 0) is 4.79 Å². The fourth-order valence-electron chi connectivity index (χ4n) is 1.61.